The van der Waals surface area contributed by atoms with Crippen LogP contribution in [0.25, 0.3) is 0 Å². The third-order valence-electron chi connectivity index (χ3n) is 10.2. The maximum absolute atomic E-state index is 13.0. The molecule has 8 atom stereocenters. The van der Waals surface area contributed by atoms with E-state index in [0.717, 1.165) is 37.7 Å². The second kappa shape index (κ2) is 5.56. The first-order chi connectivity index (χ1) is 14.2. The minimum Gasteiger partial charge on any atom is -0.469 e. The molecule has 6 heteroatoms. The maximum Gasteiger partial charge on any atom is 0.309 e. The van der Waals surface area contributed by atoms with Gasteiger partial charge in [0.25, 0.3) is 0 Å². The second-order valence-corrected chi connectivity index (χ2v) is 11.0. The molecule has 2 spiro atoms. The summed E-state index contributed by atoms with van der Waals surface area (Å²) in [5.41, 5.74) is -0.175. The molecule has 6 rings (SSSR count). The molecule has 2 unspecified atom stereocenters. The number of carbonyl (C=O) groups is 3. The highest BCUT2D eigenvalue weighted by Crippen LogP contribution is 2.78. The van der Waals surface area contributed by atoms with Crippen LogP contribution in [0.5, 0.6) is 0 Å². The Bertz CT molecular complexity index is 907. The number of hydrogen-bond acceptors (Lipinski definition) is 6. The molecule has 0 aromatic rings. The van der Waals surface area contributed by atoms with Crippen LogP contribution in [0.1, 0.15) is 65.2 Å². The van der Waals surface area contributed by atoms with Gasteiger partial charge in [0.15, 0.2) is 5.78 Å². The Morgan fingerprint density at radius 3 is 2.67 bits per heavy atom. The number of ether oxygens (including phenoxy) is 3. The number of hydrogen-bond donors (Lipinski definition) is 0. The molecule has 162 valence electrons. The van der Waals surface area contributed by atoms with Gasteiger partial charge in [0, 0.05) is 29.6 Å². The summed E-state index contributed by atoms with van der Waals surface area (Å²) in [6.07, 6.45) is 7.61. The average molecular weight is 414 g/mol. The Labute approximate surface area is 176 Å². The zero-order valence-corrected chi connectivity index (χ0v) is 18.0. The van der Waals surface area contributed by atoms with Gasteiger partial charge in [-0.25, -0.2) is 0 Å². The van der Waals surface area contributed by atoms with Gasteiger partial charge in [-0.3, -0.25) is 14.4 Å². The highest BCUT2D eigenvalue weighted by molar-refractivity contribution is 5.92. The number of esters is 2. The zero-order chi connectivity index (χ0) is 21.1. The summed E-state index contributed by atoms with van der Waals surface area (Å²) in [4.78, 5) is 37.4. The normalized spacial score (nSPS) is 53.2. The molecule has 0 radical (unpaired) electrons. The van der Waals surface area contributed by atoms with Crippen LogP contribution in [0.3, 0.4) is 0 Å². The van der Waals surface area contributed by atoms with Crippen molar-refractivity contribution in [1.29, 1.82) is 0 Å². The van der Waals surface area contributed by atoms with Gasteiger partial charge < -0.3 is 14.2 Å². The minimum absolute atomic E-state index is 0.0303. The number of ketones is 1. The van der Waals surface area contributed by atoms with E-state index in [0.29, 0.717) is 19.3 Å². The van der Waals surface area contributed by atoms with Crippen LogP contribution in [-0.4, -0.2) is 42.1 Å². The Hall–Kier alpha value is -1.69. The molecule has 0 aromatic carbocycles. The zero-order valence-electron chi connectivity index (χ0n) is 18.0. The highest BCUT2D eigenvalue weighted by atomic mass is 16.6. The Morgan fingerprint density at radius 1 is 1.17 bits per heavy atom. The van der Waals surface area contributed by atoms with Crippen LogP contribution in [0.2, 0.25) is 0 Å². The Balaban J connectivity index is 1.49. The monoisotopic (exact) mass is 414 g/mol. The average Bonchev–Trinajstić information content (AvgIpc) is 3.20. The van der Waals surface area contributed by atoms with E-state index in [9.17, 15) is 14.4 Å². The minimum atomic E-state index is -0.424. The molecule has 30 heavy (non-hydrogen) atoms. The molecule has 5 fully saturated rings. The van der Waals surface area contributed by atoms with E-state index in [4.69, 9.17) is 14.2 Å². The van der Waals surface area contributed by atoms with E-state index >= 15 is 0 Å². The van der Waals surface area contributed by atoms with Gasteiger partial charge in [-0.15, -0.1) is 0 Å². The van der Waals surface area contributed by atoms with E-state index in [-0.39, 0.29) is 52.4 Å². The van der Waals surface area contributed by atoms with E-state index in [1.165, 1.54) is 7.11 Å². The Morgan fingerprint density at radius 2 is 1.97 bits per heavy atom. The number of epoxide rings is 1. The first-order valence-corrected chi connectivity index (χ1v) is 11.4. The lowest BCUT2D eigenvalue weighted by Gasteiger charge is -2.58. The van der Waals surface area contributed by atoms with Crippen LogP contribution in [0.15, 0.2) is 11.6 Å². The van der Waals surface area contributed by atoms with Crippen LogP contribution in [-0.2, 0) is 28.6 Å². The first kappa shape index (κ1) is 19.0. The lowest BCUT2D eigenvalue weighted by molar-refractivity contribution is -0.172. The van der Waals surface area contributed by atoms with Crippen LogP contribution < -0.4 is 0 Å². The third-order valence-corrected chi connectivity index (χ3v) is 10.2. The van der Waals surface area contributed by atoms with Gasteiger partial charge in [-0.05, 0) is 50.5 Å². The van der Waals surface area contributed by atoms with Gasteiger partial charge in [-0.1, -0.05) is 19.4 Å². The molecule has 2 heterocycles. The summed E-state index contributed by atoms with van der Waals surface area (Å²) in [5.74, 6) is -0.201. The first-order valence-electron chi connectivity index (χ1n) is 11.4. The summed E-state index contributed by atoms with van der Waals surface area (Å²) in [7, 11) is 1.45. The number of carbonyl (C=O) groups excluding carboxylic acids is 3. The van der Waals surface area contributed by atoms with Crippen molar-refractivity contribution in [3.05, 3.63) is 11.6 Å². The van der Waals surface area contributed by atoms with E-state index in [1.54, 1.807) is 6.08 Å². The fraction of sp³-hybridized carbons (Fsp3) is 0.792. The molecular weight excluding hydrogens is 384 g/mol. The van der Waals surface area contributed by atoms with Crippen molar-refractivity contribution in [2.45, 2.75) is 82.5 Å². The van der Waals surface area contributed by atoms with Crippen molar-refractivity contribution in [3.8, 4) is 0 Å². The maximum atomic E-state index is 13.0. The summed E-state index contributed by atoms with van der Waals surface area (Å²) >= 11 is 0. The standard InChI is InChI=1S/C24H30O6/c1-21-7-4-14(25)10-13(21)11-15(20(27)28-3)19-16-5-8-23(9-6-18(26)30-23)22(16,2)12-17-24(19,21)29-17/h10,15-17,19H,4-9,11-12H2,1-3H3/t15-,16?,17-,19?,21-,22-,23+,24+/m0/s1. The molecule has 0 bridgehead atoms. The van der Waals surface area contributed by atoms with Crippen LogP contribution >= 0.6 is 0 Å². The van der Waals surface area contributed by atoms with Crippen molar-refractivity contribution in [2.24, 2.45) is 28.6 Å². The molecule has 0 amide bonds. The lowest BCUT2D eigenvalue weighted by Crippen LogP contribution is -2.63. The fourth-order valence-corrected chi connectivity index (χ4v) is 8.69. The summed E-state index contributed by atoms with van der Waals surface area (Å²) in [5, 5.41) is 0. The van der Waals surface area contributed by atoms with E-state index in [2.05, 4.69) is 13.8 Å². The summed E-state index contributed by atoms with van der Waals surface area (Å²) < 4.78 is 17.9. The van der Waals surface area contributed by atoms with Gasteiger partial charge >= 0.3 is 11.9 Å². The van der Waals surface area contributed by atoms with E-state index < -0.39 is 11.2 Å². The number of methoxy groups -OCH3 is 1. The fourth-order valence-electron chi connectivity index (χ4n) is 8.69. The summed E-state index contributed by atoms with van der Waals surface area (Å²) in [6, 6.07) is 0. The molecule has 2 saturated heterocycles. The van der Waals surface area contributed by atoms with Crippen molar-refractivity contribution >= 4 is 17.7 Å². The second-order valence-electron chi connectivity index (χ2n) is 11.0. The molecule has 3 saturated carbocycles. The molecule has 6 aliphatic rings. The van der Waals surface area contributed by atoms with Crippen molar-refractivity contribution in [1.82, 2.24) is 0 Å². The lowest BCUT2D eigenvalue weighted by atomic mass is 9.43. The van der Waals surface area contributed by atoms with Gasteiger partial charge in [0.2, 0.25) is 0 Å². The predicted molar refractivity (Wildman–Crippen MR) is 105 cm³/mol. The van der Waals surface area contributed by atoms with Gasteiger partial charge in [0.05, 0.1) is 19.1 Å². The van der Waals surface area contributed by atoms with Gasteiger partial charge in [0.1, 0.15) is 11.2 Å². The molecular formula is C24H30O6. The SMILES string of the molecule is COC(=O)[C@H]1CC2=CC(=O)CC[C@]2(C)[C@@]23O[C@H]2C[C@@]2(C)C(CC[C@@]24CCC(=O)O4)C13. The smallest absolute Gasteiger partial charge is 0.309 e. The van der Waals surface area contributed by atoms with Crippen molar-refractivity contribution in [2.75, 3.05) is 7.11 Å². The van der Waals surface area contributed by atoms with Crippen LogP contribution in [0, 0.1) is 28.6 Å². The van der Waals surface area contributed by atoms with Crippen LogP contribution in [0.4, 0.5) is 0 Å². The Kier molecular flexibility index (Phi) is 3.53. The largest absolute Gasteiger partial charge is 0.469 e. The number of rotatable bonds is 1. The molecule has 0 aromatic heterocycles. The van der Waals surface area contributed by atoms with Crippen molar-refractivity contribution in [3.63, 3.8) is 0 Å². The topological polar surface area (TPSA) is 82.2 Å². The quantitative estimate of drug-likeness (QED) is 0.484. The highest BCUT2D eigenvalue weighted by Gasteiger charge is 2.83. The molecule has 4 aliphatic carbocycles. The van der Waals surface area contributed by atoms with E-state index in [1.807, 2.05) is 0 Å². The molecule has 2 aliphatic heterocycles. The van der Waals surface area contributed by atoms with Crippen molar-refractivity contribution < 1.29 is 28.6 Å². The summed E-state index contributed by atoms with van der Waals surface area (Å²) in [6.45, 7) is 4.51. The van der Waals surface area contributed by atoms with Gasteiger partial charge in [-0.2, -0.15) is 0 Å². The molecule has 0 N–H and O–H groups in total. The number of fused-ring (bicyclic) bond motifs is 4. The third kappa shape index (κ3) is 1.94. The predicted octanol–water partition coefficient (Wildman–Crippen LogP) is 3.12. The molecule has 6 nitrogen and oxygen atoms in total.